The molecule has 72 valence electrons. The molecule has 0 aliphatic heterocycles. The minimum atomic E-state index is 0.212. The number of Topliss-reactive ketones (excluding diaryl/α,β-unsaturated/α-hetero) is 1. The predicted molar refractivity (Wildman–Crippen MR) is 58.1 cm³/mol. The van der Waals surface area contributed by atoms with E-state index in [0.29, 0.717) is 6.42 Å². The van der Waals surface area contributed by atoms with Gasteiger partial charge in [-0.15, -0.1) is 11.8 Å². The topological polar surface area (TPSA) is 17.1 Å². The summed E-state index contributed by atoms with van der Waals surface area (Å²) in [5.41, 5.74) is 0.803. The molecule has 0 N–H and O–H groups in total. The van der Waals surface area contributed by atoms with E-state index in [1.807, 2.05) is 37.3 Å². The third-order valence-electron chi connectivity index (χ3n) is 1.98. The van der Waals surface area contributed by atoms with Crippen LogP contribution in [0.15, 0.2) is 30.3 Å². The van der Waals surface area contributed by atoms with E-state index in [1.54, 1.807) is 0 Å². The summed E-state index contributed by atoms with van der Waals surface area (Å²) in [6.45, 7) is 1.82. The smallest absolute Gasteiger partial charge is 0.162 e. The minimum absolute atomic E-state index is 0.212. The highest BCUT2D eigenvalue weighted by Gasteiger charge is 2.02. The maximum absolute atomic E-state index is 11.6. The molecule has 0 amide bonds. The van der Waals surface area contributed by atoms with Gasteiger partial charge >= 0.3 is 0 Å². The van der Waals surface area contributed by atoms with Crippen LogP contribution in [-0.2, 0) is 0 Å². The van der Waals surface area contributed by atoms with Crippen molar-refractivity contribution in [3.8, 4) is 11.8 Å². The van der Waals surface area contributed by atoms with Crippen LogP contribution in [0.4, 0.5) is 0 Å². The van der Waals surface area contributed by atoms with Crippen molar-refractivity contribution in [1.82, 2.24) is 0 Å². The molecule has 0 bridgehead atoms. The van der Waals surface area contributed by atoms with Crippen molar-refractivity contribution in [3.63, 3.8) is 0 Å². The van der Waals surface area contributed by atoms with E-state index in [9.17, 15) is 4.79 Å². The molecule has 0 aliphatic rings. The van der Waals surface area contributed by atoms with Crippen molar-refractivity contribution in [2.75, 3.05) is 0 Å². The van der Waals surface area contributed by atoms with E-state index in [1.165, 1.54) is 0 Å². The van der Waals surface area contributed by atoms with Crippen molar-refractivity contribution in [2.45, 2.75) is 26.2 Å². The Bertz CT molecular complexity index is 340. The monoisotopic (exact) mass is 186 g/mol. The highest BCUT2D eigenvalue weighted by Crippen LogP contribution is 2.05. The van der Waals surface area contributed by atoms with Crippen LogP contribution in [0, 0.1) is 11.8 Å². The zero-order valence-electron chi connectivity index (χ0n) is 8.42. The van der Waals surface area contributed by atoms with Gasteiger partial charge in [-0.1, -0.05) is 30.3 Å². The molecule has 1 heteroatoms. The standard InChI is InChI=1S/C13H14O/c1-2-3-4-8-11-13(14)12-9-6-5-7-10-12/h5-7,9-10H,4,8,11H2,1H3. The van der Waals surface area contributed by atoms with Crippen LogP contribution in [0.1, 0.15) is 36.5 Å². The lowest BCUT2D eigenvalue weighted by Gasteiger charge is -1.97. The van der Waals surface area contributed by atoms with Crippen LogP contribution in [-0.4, -0.2) is 5.78 Å². The number of unbranched alkanes of at least 4 members (excludes halogenated alkanes) is 1. The van der Waals surface area contributed by atoms with E-state index in [2.05, 4.69) is 11.8 Å². The largest absolute Gasteiger partial charge is 0.294 e. The van der Waals surface area contributed by atoms with E-state index >= 15 is 0 Å². The van der Waals surface area contributed by atoms with Crippen LogP contribution in [0.25, 0.3) is 0 Å². The fourth-order valence-electron chi connectivity index (χ4n) is 1.23. The quantitative estimate of drug-likeness (QED) is 0.401. The van der Waals surface area contributed by atoms with Crippen molar-refractivity contribution >= 4 is 5.78 Å². The van der Waals surface area contributed by atoms with Crippen molar-refractivity contribution in [3.05, 3.63) is 35.9 Å². The zero-order chi connectivity index (χ0) is 10.2. The minimum Gasteiger partial charge on any atom is -0.294 e. The number of rotatable bonds is 4. The van der Waals surface area contributed by atoms with E-state index in [4.69, 9.17) is 0 Å². The average molecular weight is 186 g/mol. The zero-order valence-corrected chi connectivity index (χ0v) is 8.42. The number of hydrogen-bond acceptors (Lipinski definition) is 1. The first kappa shape index (κ1) is 10.5. The Morgan fingerprint density at radius 3 is 2.64 bits per heavy atom. The van der Waals surface area contributed by atoms with E-state index in [-0.39, 0.29) is 5.78 Å². The summed E-state index contributed by atoms with van der Waals surface area (Å²) in [5, 5.41) is 0. The van der Waals surface area contributed by atoms with Gasteiger partial charge in [0.25, 0.3) is 0 Å². The molecule has 0 heterocycles. The molecule has 0 fully saturated rings. The van der Waals surface area contributed by atoms with E-state index < -0.39 is 0 Å². The molecule has 14 heavy (non-hydrogen) atoms. The summed E-state index contributed by atoms with van der Waals surface area (Å²) in [6.07, 6.45) is 2.27. The molecule has 0 saturated carbocycles. The van der Waals surface area contributed by atoms with Gasteiger partial charge in [-0.05, 0) is 13.3 Å². The van der Waals surface area contributed by atoms with Crippen LogP contribution in [0.2, 0.25) is 0 Å². The van der Waals surface area contributed by atoms with Gasteiger partial charge in [-0.3, -0.25) is 4.79 Å². The number of hydrogen-bond donors (Lipinski definition) is 0. The van der Waals surface area contributed by atoms with Crippen molar-refractivity contribution in [2.24, 2.45) is 0 Å². The van der Waals surface area contributed by atoms with Gasteiger partial charge in [0.05, 0.1) is 0 Å². The summed E-state index contributed by atoms with van der Waals surface area (Å²) < 4.78 is 0. The second-order valence-electron chi connectivity index (χ2n) is 3.07. The van der Waals surface area contributed by atoms with Crippen LogP contribution in [0.3, 0.4) is 0 Å². The Balaban J connectivity index is 2.39. The van der Waals surface area contributed by atoms with Crippen molar-refractivity contribution < 1.29 is 4.79 Å². The van der Waals surface area contributed by atoms with Gasteiger partial charge < -0.3 is 0 Å². The Labute approximate surface area is 85.1 Å². The van der Waals surface area contributed by atoms with Crippen LogP contribution >= 0.6 is 0 Å². The third kappa shape index (κ3) is 3.45. The third-order valence-corrected chi connectivity index (χ3v) is 1.98. The van der Waals surface area contributed by atoms with E-state index in [0.717, 1.165) is 18.4 Å². The molecule has 0 radical (unpaired) electrons. The van der Waals surface area contributed by atoms with Crippen molar-refractivity contribution in [1.29, 1.82) is 0 Å². The molecule has 0 aromatic heterocycles. The Morgan fingerprint density at radius 1 is 1.29 bits per heavy atom. The normalized spacial score (nSPS) is 8.93. The maximum atomic E-state index is 11.6. The molecule has 1 aromatic carbocycles. The lowest BCUT2D eigenvalue weighted by Crippen LogP contribution is -1.97. The molecular weight excluding hydrogens is 172 g/mol. The molecule has 1 nitrogen and oxygen atoms in total. The highest BCUT2D eigenvalue weighted by atomic mass is 16.1. The summed E-state index contributed by atoms with van der Waals surface area (Å²) >= 11 is 0. The molecule has 0 spiro atoms. The van der Waals surface area contributed by atoms with Gasteiger partial charge in [0, 0.05) is 18.4 Å². The molecule has 1 aromatic rings. The highest BCUT2D eigenvalue weighted by molar-refractivity contribution is 5.95. The molecule has 0 unspecified atom stereocenters. The Kier molecular flexibility index (Phi) is 4.50. The SMILES string of the molecule is CC#CCCCC(=O)c1ccccc1. The fraction of sp³-hybridized carbons (Fsp3) is 0.308. The average Bonchev–Trinajstić information content (AvgIpc) is 2.25. The molecule has 0 atom stereocenters. The van der Waals surface area contributed by atoms with Gasteiger partial charge in [-0.25, -0.2) is 0 Å². The summed E-state index contributed by atoms with van der Waals surface area (Å²) in [4.78, 5) is 11.6. The first-order chi connectivity index (χ1) is 6.84. The molecule has 0 aliphatic carbocycles. The summed E-state index contributed by atoms with van der Waals surface area (Å²) in [6, 6.07) is 9.40. The Morgan fingerprint density at radius 2 is 2.00 bits per heavy atom. The van der Waals surface area contributed by atoms with Gasteiger partial charge in [0.15, 0.2) is 5.78 Å². The molecule has 1 rings (SSSR count). The number of carbonyl (C=O) groups excluding carboxylic acids is 1. The van der Waals surface area contributed by atoms with Gasteiger partial charge in [0.2, 0.25) is 0 Å². The molecular formula is C13H14O. The van der Waals surface area contributed by atoms with Crippen LogP contribution < -0.4 is 0 Å². The van der Waals surface area contributed by atoms with Gasteiger partial charge in [-0.2, -0.15) is 0 Å². The Hall–Kier alpha value is -1.55. The number of ketones is 1. The fourth-order valence-corrected chi connectivity index (χ4v) is 1.23. The number of carbonyl (C=O) groups is 1. The lowest BCUT2D eigenvalue weighted by atomic mass is 10.1. The van der Waals surface area contributed by atoms with Gasteiger partial charge in [0.1, 0.15) is 0 Å². The predicted octanol–water partition coefficient (Wildman–Crippen LogP) is 3.06. The maximum Gasteiger partial charge on any atom is 0.162 e. The number of benzene rings is 1. The second kappa shape index (κ2) is 5.99. The second-order valence-corrected chi connectivity index (χ2v) is 3.07. The van der Waals surface area contributed by atoms with Crippen LogP contribution in [0.5, 0.6) is 0 Å². The summed E-state index contributed by atoms with van der Waals surface area (Å²) in [5.74, 6) is 5.98. The summed E-state index contributed by atoms with van der Waals surface area (Å²) in [7, 11) is 0. The first-order valence-corrected chi connectivity index (χ1v) is 4.82. The lowest BCUT2D eigenvalue weighted by molar-refractivity contribution is 0.0980. The first-order valence-electron chi connectivity index (χ1n) is 4.82. The molecule has 0 saturated heterocycles.